The topological polar surface area (TPSA) is 81.1 Å². The second kappa shape index (κ2) is 5.92. The molecule has 0 aromatic heterocycles. The van der Waals surface area contributed by atoms with E-state index in [1.807, 2.05) is 30.3 Å². The van der Waals surface area contributed by atoms with Crippen LogP contribution in [0.25, 0.3) is 0 Å². The molecule has 2 unspecified atom stereocenters. The molecule has 1 saturated heterocycles. The van der Waals surface area contributed by atoms with E-state index in [4.69, 9.17) is 5.11 Å². The van der Waals surface area contributed by atoms with Crippen molar-refractivity contribution in [1.82, 2.24) is 9.80 Å². The first kappa shape index (κ1) is 14.3. The zero-order valence-corrected chi connectivity index (χ0v) is 11.3. The summed E-state index contributed by atoms with van der Waals surface area (Å²) in [5.74, 6) is -1.08. The first-order valence-electron chi connectivity index (χ1n) is 6.45. The van der Waals surface area contributed by atoms with Crippen molar-refractivity contribution in [2.75, 3.05) is 13.6 Å². The van der Waals surface area contributed by atoms with Gasteiger partial charge in [0.25, 0.3) is 0 Å². The van der Waals surface area contributed by atoms with Crippen molar-refractivity contribution in [3.63, 3.8) is 0 Å². The molecule has 2 amide bonds. The lowest BCUT2D eigenvalue weighted by molar-refractivity contribution is -0.141. The van der Waals surface area contributed by atoms with Gasteiger partial charge in [-0.1, -0.05) is 30.3 Å². The fraction of sp³-hybridized carbons (Fsp3) is 0.429. The molecule has 6 nitrogen and oxygen atoms in total. The number of aliphatic hydroxyl groups is 1. The summed E-state index contributed by atoms with van der Waals surface area (Å²) in [6, 6.07) is 8.13. The van der Waals surface area contributed by atoms with Gasteiger partial charge in [-0.3, -0.25) is 0 Å². The molecular weight excluding hydrogens is 260 g/mol. The van der Waals surface area contributed by atoms with E-state index in [1.54, 1.807) is 7.05 Å². The number of β-amino-alcohol motifs (C(OH)–C–C–N with tert-alkyl or cyclic N) is 1. The summed E-state index contributed by atoms with van der Waals surface area (Å²) >= 11 is 0. The SMILES string of the molecule is CN(Cc1ccccc1)C(=O)N1CC(O)CC1C(=O)O. The molecule has 1 aromatic rings. The van der Waals surface area contributed by atoms with E-state index in [-0.39, 0.29) is 19.0 Å². The number of rotatable bonds is 3. The predicted molar refractivity (Wildman–Crippen MR) is 72.1 cm³/mol. The second-order valence-corrected chi connectivity index (χ2v) is 5.02. The van der Waals surface area contributed by atoms with E-state index in [0.717, 1.165) is 5.56 Å². The number of amides is 2. The van der Waals surface area contributed by atoms with E-state index >= 15 is 0 Å². The Morgan fingerprint density at radius 3 is 2.60 bits per heavy atom. The van der Waals surface area contributed by atoms with Gasteiger partial charge in [0.15, 0.2) is 0 Å². The molecule has 0 radical (unpaired) electrons. The van der Waals surface area contributed by atoms with Crippen LogP contribution < -0.4 is 0 Å². The fourth-order valence-corrected chi connectivity index (χ4v) is 2.40. The van der Waals surface area contributed by atoms with Crippen molar-refractivity contribution >= 4 is 12.0 Å². The fourth-order valence-electron chi connectivity index (χ4n) is 2.40. The van der Waals surface area contributed by atoms with Crippen molar-refractivity contribution < 1.29 is 19.8 Å². The summed E-state index contributed by atoms with van der Waals surface area (Å²) in [4.78, 5) is 26.1. The van der Waals surface area contributed by atoms with Gasteiger partial charge in [0.2, 0.25) is 0 Å². The Bertz CT molecular complexity index is 491. The zero-order chi connectivity index (χ0) is 14.7. The van der Waals surface area contributed by atoms with Crippen LogP contribution in [0, 0.1) is 0 Å². The number of carbonyl (C=O) groups excluding carboxylic acids is 1. The van der Waals surface area contributed by atoms with Crippen LogP contribution in [0.15, 0.2) is 30.3 Å². The van der Waals surface area contributed by atoms with E-state index in [2.05, 4.69) is 0 Å². The number of likely N-dealkylation sites (tertiary alicyclic amines) is 1. The third-order valence-electron chi connectivity index (χ3n) is 3.40. The minimum absolute atomic E-state index is 0.0644. The van der Waals surface area contributed by atoms with Crippen LogP contribution in [0.4, 0.5) is 4.79 Å². The number of carbonyl (C=O) groups is 2. The highest BCUT2D eigenvalue weighted by molar-refractivity contribution is 5.83. The summed E-state index contributed by atoms with van der Waals surface area (Å²) in [5.41, 5.74) is 0.968. The lowest BCUT2D eigenvalue weighted by atomic mass is 10.2. The number of carboxylic acids is 1. The van der Waals surface area contributed by atoms with Crippen LogP contribution in [-0.4, -0.2) is 57.8 Å². The van der Waals surface area contributed by atoms with Crippen LogP contribution >= 0.6 is 0 Å². The molecule has 0 spiro atoms. The minimum Gasteiger partial charge on any atom is -0.480 e. The number of urea groups is 1. The molecule has 1 heterocycles. The number of carboxylic acid groups (broad SMARTS) is 1. The van der Waals surface area contributed by atoms with Gasteiger partial charge in [-0.2, -0.15) is 0 Å². The quantitative estimate of drug-likeness (QED) is 0.855. The van der Waals surface area contributed by atoms with Crippen molar-refractivity contribution in [2.24, 2.45) is 0 Å². The zero-order valence-electron chi connectivity index (χ0n) is 11.3. The molecule has 20 heavy (non-hydrogen) atoms. The van der Waals surface area contributed by atoms with Crippen LogP contribution in [0.2, 0.25) is 0 Å². The standard InChI is InChI=1S/C14H18N2O4/c1-15(8-10-5-3-2-4-6-10)14(20)16-9-11(17)7-12(16)13(18)19/h2-6,11-12,17H,7-9H2,1H3,(H,18,19). The third-order valence-corrected chi connectivity index (χ3v) is 3.40. The van der Waals surface area contributed by atoms with E-state index in [9.17, 15) is 14.7 Å². The highest BCUT2D eigenvalue weighted by Gasteiger charge is 2.39. The summed E-state index contributed by atoms with van der Waals surface area (Å²) in [7, 11) is 1.62. The Balaban J connectivity index is 2.04. The maximum absolute atomic E-state index is 12.3. The Morgan fingerprint density at radius 2 is 2.00 bits per heavy atom. The Kier molecular flexibility index (Phi) is 4.24. The first-order valence-corrected chi connectivity index (χ1v) is 6.45. The van der Waals surface area contributed by atoms with E-state index in [0.29, 0.717) is 6.54 Å². The molecule has 2 N–H and O–H groups in total. The molecule has 6 heteroatoms. The van der Waals surface area contributed by atoms with Gasteiger partial charge in [-0.25, -0.2) is 9.59 Å². The molecular formula is C14H18N2O4. The van der Waals surface area contributed by atoms with Crippen LogP contribution in [0.5, 0.6) is 0 Å². The summed E-state index contributed by atoms with van der Waals surface area (Å²) in [5, 5.41) is 18.7. The summed E-state index contributed by atoms with van der Waals surface area (Å²) < 4.78 is 0. The average molecular weight is 278 g/mol. The van der Waals surface area contributed by atoms with Gasteiger partial charge in [-0.15, -0.1) is 0 Å². The van der Waals surface area contributed by atoms with Crippen LogP contribution in [0.1, 0.15) is 12.0 Å². The Labute approximate surface area is 117 Å². The van der Waals surface area contributed by atoms with Gasteiger partial charge < -0.3 is 20.0 Å². The molecule has 1 aliphatic rings. The third kappa shape index (κ3) is 3.08. The number of hydrogen-bond donors (Lipinski definition) is 2. The minimum atomic E-state index is -1.08. The maximum atomic E-state index is 12.3. The van der Waals surface area contributed by atoms with Gasteiger partial charge in [-0.05, 0) is 5.56 Å². The summed E-state index contributed by atoms with van der Waals surface area (Å²) in [6.07, 6.45) is -0.689. The number of aliphatic hydroxyl groups excluding tert-OH is 1. The molecule has 0 saturated carbocycles. The molecule has 1 fully saturated rings. The monoisotopic (exact) mass is 278 g/mol. The van der Waals surface area contributed by atoms with Gasteiger partial charge >= 0.3 is 12.0 Å². The molecule has 2 rings (SSSR count). The lowest BCUT2D eigenvalue weighted by Crippen LogP contribution is -2.46. The van der Waals surface area contributed by atoms with Crippen LogP contribution in [0.3, 0.4) is 0 Å². The largest absolute Gasteiger partial charge is 0.480 e. The molecule has 1 aromatic carbocycles. The molecule has 0 bridgehead atoms. The highest BCUT2D eigenvalue weighted by Crippen LogP contribution is 2.20. The van der Waals surface area contributed by atoms with Gasteiger partial charge in [0.1, 0.15) is 6.04 Å². The average Bonchev–Trinajstić information content (AvgIpc) is 2.81. The van der Waals surface area contributed by atoms with E-state index in [1.165, 1.54) is 9.80 Å². The Hall–Kier alpha value is -2.08. The number of aliphatic carboxylic acids is 1. The van der Waals surface area contributed by atoms with Gasteiger partial charge in [0.05, 0.1) is 6.10 Å². The molecule has 0 aliphatic carbocycles. The van der Waals surface area contributed by atoms with E-state index < -0.39 is 18.1 Å². The predicted octanol–water partition coefficient (Wildman–Crippen LogP) is 0.758. The van der Waals surface area contributed by atoms with Gasteiger partial charge in [0, 0.05) is 26.6 Å². The maximum Gasteiger partial charge on any atom is 0.326 e. The van der Waals surface area contributed by atoms with Crippen LogP contribution in [-0.2, 0) is 11.3 Å². The normalized spacial score (nSPS) is 21.8. The smallest absolute Gasteiger partial charge is 0.326 e. The number of hydrogen-bond acceptors (Lipinski definition) is 3. The van der Waals surface area contributed by atoms with Crippen molar-refractivity contribution in [3.05, 3.63) is 35.9 Å². The first-order chi connectivity index (χ1) is 9.49. The van der Waals surface area contributed by atoms with Crippen molar-refractivity contribution in [3.8, 4) is 0 Å². The molecule has 1 aliphatic heterocycles. The highest BCUT2D eigenvalue weighted by atomic mass is 16.4. The molecule has 2 atom stereocenters. The second-order valence-electron chi connectivity index (χ2n) is 5.02. The van der Waals surface area contributed by atoms with Crippen molar-refractivity contribution in [2.45, 2.75) is 25.1 Å². The Morgan fingerprint density at radius 1 is 1.35 bits per heavy atom. The number of nitrogens with zero attached hydrogens (tertiary/aromatic N) is 2. The molecule has 108 valence electrons. The summed E-state index contributed by atoms with van der Waals surface area (Å²) in [6.45, 7) is 0.466. The number of benzene rings is 1. The van der Waals surface area contributed by atoms with Crippen molar-refractivity contribution in [1.29, 1.82) is 0 Å². The lowest BCUT2D eigenvalue weighted by Gasteiger charge is -2.27.